The number of hydrogen-bond donors (Lipinski definition) is 1. The molecule has 2 aliphatic rings. The van der Waals surface area contributed by atoms with Crippen LogP contribution >= 0.6 is 0 Å². The molecular weight excluding hydrogens is 280 g/mol. The Hall–Kier alpha value is -1.40. The predicted octanol–water partition coefficient (Wildman–Crippen LogP) is 1.03. The minimum absolute atomic E-state index is 0.152. The summed E-state index contributed by atoms with van der Waals surface area (Å²) < 4.78 is 7.31. The minimum atomic E-state index is 0.152. The van der Waals surface area contributed by atoms with Gasteiger partial charge in [-0.3, -0.25) is 14.4 Å². The van der Waals surface area contributed by atoms with Crippen LogP contribution in [0, 0.1) is 0 Å². The monoisotopic (exact) mass is 306 g/mol. The van der Waals surface area contributed by atoms with Crippen molar-refractivity contribution in [2.24, 2.45) is 0 Å². The molecule has 0 bridgehead atoms. The summed E-state index contributed by atoms with van der Waals surface area (Å²) in [7, 11) is 0. The largest absolute Gasteiger partial charge is 0.381 e. The van der Waals surface area contributed by atoms with Gasteiger partial charge in [0.05, 0.1) is 13.1 Å². The average Bonchev–Trinajstić information content (AvgIpc) is 3.03. The van der Waals surface area contributed by atoms with Crippen molar-refractivity contribution >= 4 is 5.91 Å². The number of nitrogens with zero attached hydrogens (tertiary/aromatic N) is 3. The van der Waals surface area contributed by atoms with Gasteiger partial charge in [0, 0.05) is 37.7 Å². The van der Waals surface area contributed by atoms with E-state index >= 15 is 0 Å². The highest BCUT2D eigenvalue weighted by atomic mass is 16.5. The van der Waals surface area contributed by atoms with Crippen molar-refractivity contribution in [1.29, 1.82) is 0 Å². The smallest absolute Gasteiger partial charge is 0.234 e. The lowest BCUT2D eigenvalue weighted by molar-refractivity contribution is -0.124. The van der Waals surface area contributed by atoms with Gasteiger partial charge in [-0.05, 0) is 38.3 Å². The molecule has 122 valence electrons. The molecule has 1 atom stereocenters. The summed E-state index contributed by atoms with van der Waals surface area (Å²) in [6.45, 7) is 3.90. The molecule has 1 aromatic heterocycles. The fourth-order valence-corrected chi connectivity index (χ4v) is 3.40. The summed E-state index contributed by atoms with van der Waals surface area (Å²) in [6, 6.07) is 2.65. The molecule has 6 nitrogen and oxygen atoms in total. The Labute approximate surface area is 131 Å². The molecule has 3 rings (SSSR count). The molecule has 0 saturated carbocycles. The number of hydrogen-bond acceptors (Lipinski definition) is 4. The van der Waals surface area contributed by atoms with Crippen LogP contribution in [-0.2, 0) is 16.1 Å². The van der Waals surface area contributed by atoms with Gasteiger partial charge in [-0.2, -0.15) is 5.10 Å². The number of piperidine rings is 1. The van der Waals surface area contributed by atoms with Crippen molar-refractivity contribution < 1.29 is 9.53 Å². The molecule has 2 fully saturated rings. The first-order valence-electron chi connectivity index (χ1n) is 8.40. The van der Waals surface area contributed by atoms with Crippen LogP contribution in [0.15, 0.2) is 18.5 Å². The fraction of sp³-hybridized carbons (Fsp3) is 0.750. The first-order valence-corrected chi connectivity index (χ1v) is 8.40. The Bertz CT molecular complexity index is 457. The summed E-state index contributed by atoms with van der Waals surface area (Å²) in [5.41, 5.74) is 0. The standard InChI is InChI=1S/C16H26N4O2/c21-16(18-14-5-10-22-11-6-14)13-19-8-2-1-4-15(19)12-20-9-3-7-17-20/h3,7,9,14-15H,1-2,4-6,8,10-13H2,(H,18,21). The molecule has 0 aliphatic carbocycles. The van der Waals surface area contributed by atoms with E-state index in [-0.39, 0.29) is 11.9 Å². The average molecular weight is 306 g/mol. The van der Waals surface area contributed by atoms with Crippen molar-refractivity contribution in [3.8, 4) is 0 Å². The van der Waals surface area contributed by atoms with E-state index in [0.717, 1.165) is 45.6 Å². The molecule has 6 heteroatoms. The number of aromatic nitrogens is 2. The number of nitrogens with one attached hydrogen (secondary N) is 1. The van der Waals surface area contributed by atoms with Crippen molar-refractivity contribution in [3.63, 3.8) is 0 Å². The zero-order valence-corrected chi connectivity index (χ0v) is 13.1. The SMILES string of the molecule is O=C(CN1CCCCC1Cn1cccn1)NC1CCOCC1. The highest BCUT2D eigenvalue weighted by Crippen LogP contribution is 2.18. The van der Waals surface area contributed by atoms with Gasteiger partial charge in [0.1, 0.15) is 0 Å². The lowest BCUT2D eigenvalue weighted by Crippen LogP contribution is -2.49. The second-order valence-corrected chi connectivity index (χ2v) is 6.30. The molecular formula is C16H26N4O2. The first kappa shape index (κ1) is 15.5. The van der Waals surface area contributed by atoms with Gasteiger partial charge in [0.15, 0.2) is 0 Å². The molecule has 1 N–H and O–H groups in total. The van der Waals surface area contributed by atoms with E-state index < -0.39 is 0 Å². The van der Waals surface area contributed by atoms with Gasteiger partial charge in [0.2, 0.25) is 5.91 Å². The summed E-state index contributed by atoms with van der Waals surface area (Å²) in [5, 5.41) is 7.46. The van der Waals surface area contributed by atoms with Crippen molar-refractivity contribution in [2.75, 3.05) is 26.3 Å². The van der Waals surface area contributed by atoms with Gasteiger partial charge in [0.25, 0.3) is 0 Å². The van der Waals surface area contributed by atoms with Crippen LogP contribution in [0.4, 0.5) is 0 Å². The lowest BCUT2D eigenvalue weighted by atomic mass is 10.0. The third-order valence-electron chi connectivity index (χ3n) is 4.64. The van der Waals surface area contributed by atoms with Gasteiger partial charge >= 0.3 is 0 Å². The second kappa shape index (κ2) is 7.74. The lowest BCUT2D eigenvalue weighted by Gasteiger charge is -2.35. The van der Waals surface area contributed by atoms with E-state index in [1.165, 1.54) is 12.8 Å². The molecule has 3 heterocycles. The van der Waals surface area contributed by atoms with Gasteiger partial charge in [-0.25, -0.2) is 0 Å². The van der Waals surface area contributed by atoms with Crippen molar-refractivity contribution in [2.45, 2.75) is 50.7 Å². The highest BCUT2D eigenvalue weighted by molar-refractivity contribution is 5.78. The molecule has 0 radical (unpaired) electrons. The molecule has 1 aromatic rings. The maximum Gasteiger partial charge on any atom is 0.234 e. The number of likely N-dealkylation sites (tertiary alicyclic amines) is 1. The summed E-state index contributed by atoms with van der Waals surface area (Å²) in [6.07, 6.45) is 9.24. The normalized spacial score (nSPS) is 24.3. The quantitative estimate of drug-likeness (QED) is 0.883. The van der Waals surface area contributed by atoms with Crippen LogP contribution < -0.4 is 5.32 Å². The predicted molar refractivity (Wildman–Crippen MR) is 83.4 cm³/mol. The Morgan fingerprint density at radius 2 is 2.14 bits per heavy atom. The van der Waals surface area contributed by atoms with E-state index in [1.54, 1.807) is 0 Å². The topological polar surface area (TPSA) is 59.4 Å². The second-order valence-electron chi connectivity index (χ2n) is 6.30. The minimum Gasteiger partial charge on any atom is -0.381 e. The molecule has 2 saturated heterocycles. The third kappa shape index (κ3) is 4.30. The summed E-state index contributed by atoms with van der Waals surface area (Å²) >= 11 is 0. The number of carbonyl (C=O) groups is 1. The van der Waals surface area contributed by atoms with Gasteiger partial charge in [-0.15, -0.1) is 0 Å². The van der Waals surface area contributed by atoms with Gasteiger partial charge in [-0.1, -0.05) is 6.42 Å². The Kier molecular flexibility index (Phi) is 5.45. The van der Waals surface area contributed by atoms with E-state index in [9.17, 15) is 4.79 Å². The van der Waals surface area contributed by atoms with E-state index in [4.69, 9.17) is 4.74 Å². The molecule has 22 heavy (non-hydrogen) atoms. The Morgan fingerprint density at radius 3 is 2.91 bits per heavy atom. The van der Waals surface area contributed by atoms with Crippen LogP contribution in [0.1, 0.15) is 32.1 Å². The molecule has 2 aliphatic heterocycles. The Balaban J connectivity index is 1.50. The maximum atomic E-state index is 12.3. The van der Waals surface area contributed by atoms with E-state index in [0.29, 0.717) is 12.6 Å². The van der Waals surface area contributed by atoms with E-state index in [1.807, 2.05) is 23.1 Å². The number of rotatable bonds is 5. The van der Waals surface area contributed by atoms with Gasteiger partial charge < -0.3 is 10.1 Å². The van der Waals surface area contributed by atoms with Crippen LogP contribution in [0.2, 0.25) is 0 Å². The van der Waals surface area contributed by atoms with Crippen LogP contribution in [0.5, 0.6) is 0 Å². The molecule has 1 unspecified atom stereocenters. The number of amides is 1. The zero-order chi connectivity index (χ0) is 15.2. The first-order chi connectivity index (χ1) is 10.8. The zero-order valence-electron chi connectivity index (χ0n) is 13.1. The van der Waals surface area contributed by atoms with Crippen LogP contribution in [0.25, 0.3) is 0 Å². The molecule has 1 amide bonds. The third-order valence-corrected chi connectivity index (χ3v) is 4.64. The van der Waals surface area contributed by atoms with Crippen molar-refractivity contribution in [1.82, 2.24) is 20.0 Å². The maximum absolute atomic E-state index is 12.3. The highest BCUT2D eigenvalue weighted by Gasteiger charge is 2.25. The molecule has 0 spiro atoms. The Morgan fingerprint density at radius 1 is 1.27 bits per heavy atom. The van der Waals surface area contributed by atoms with E-state index in [2.05, 4.69) is 15.3 Å². The summed E-state index contributed by atoms with van der Waals surface area (Å²) in [4.78, 5) is 14.6. The fourth-order valence-electron chi connectivity index (χ4n) is 3.40. The van der Waals surface area contributed by atoms with Crippen molar-refractivity contribution in [3.05, 3.63) is 18.5 Å². The number of carbonyl (C=O) groups excluding carboxylic acids is 1. The van der Waals surface area contributed by atoms with Crippen LogP contribution in [-0.4, -0.2) is 59.0 Å². The van der Waals surface area contributed by atoms with Crippen LogP contribution in [0.3, 0.4) is 0 Å². The molecule has 0 aromatic carbocycles. The summed E-state index contributed by atoms with van der Waals surface area (Å²) in [5.74, 6) is 0.152. The number of ether oxygens (including phenoxy) is 1.